The molecule has 0 saturated carbocycles. The Labute approximate surface area is 101 Å². The van der Waals surface area contributed by atoms with E-state index in [-0.39, 0.29) is 16.9 Å². The van der Waals surface area contributed by atoms with Gasteiger partial charge in [0, 0.05) is 17.2 Å². The summed E-state index contributed by atoms with van der Waals surface area (Å²) >= 11 is 0. The van der Waals surface area contributed by atoms with Crippen LogP contribution < -0.4 is 4.74 Å². The first-order valence-electron chi connectivity index (χ1n) is 4.89. The molecule has 0 aromatic heterocycles. The zero-order chi connectivity index (χ0) is 13.8. The van der Waals surface area contributed by atoms with Crippen LogP contribution in [0.2, 0.25) is 0 Å². The molecule has 0 unspecified atom stereocenters. The summed E-state index contributed by atoms with van der Waals surface area (Å²) in [6.07, 6.45) is -3.18. The fourth-order valence-corrected chi connectivity index (χ4v) is 1.18. The fraction of sp³-hybridized carbons (Fsp3) is 0.250. The lowest BCUT2D eigenvalue weighted by atomic mass is 10.1. The van der Waals surface area contributed by atoms with Crippen LogP contribution in [-0.4, -0.2) is 12.8 Å². The lowest BCUT2D eigenvalue weighted by Crippen LogP contribution is -2.19. The van der Waals surface area contributed by atoms with Gasteiger partial charge in [0.05, 0.1) is 6.07 Å². The first-order chi connectivity index (χ1) is 8.31. The second kappa shape index (κ2) is 5.54. The largest absolute Gasteiger partial charge is 0.483 e. The maximum atomic E-state index is 12.9. The van der Waals surface area contributed by atoms with Crippen molar-refractivity contribution in [1.29, 1.82) is 5.26 Å². The Bertz CT molecular complexity index is 500. The second-order valence-electron chi connectivity index (χ2n) is 3.53. The summed E-state index contributed by atoms with van der Waals surface area (Å²) in [7, 11) is 0. The van der Waals surface area contributed by atoms with Crippen LogP contribution in [0.3, 0.4) is 0 Å². The van der Waals surface area contributed by atoms with E-state index in [1.165, 1.54) is 19.1 Å². The SMILES string of the molecule is C/C(C#N)=C\c1ccc(F)cc1OCC(F)(F)F. The molecule has 0 aliphatic rings. The van der Waals surface area contributed by atoms with Gasteiger partial charge in [-0.05, 0) is 25.1 Å². The van der Waals surface area contributed by atoms with E-state index in [1.807, 2.05) is 6.07 Å². The van der Waals surface area contributed by atoms with Gasteiger partial charge in [-0.1, -0.05) is 0 Å². The van der Waals surface area contributed by atoms with Gasteiger partial charge in [-0.3, -0.25) is 0 Å². The van der Waals surface area contributed by atoms with Gasteiger partial charge in [0.1, 0.15) is 11.6 Å². The van der Waals surface area contributed by atoms with E-state index in [9.17, 15) is 17.6 Å². The molecule has 0 N–H and O–H groups in total. The minimum Gasteiger partial charge on any atom is -0.483 e. The topological polar surface area (TPSA) is 33.0 Å². The maximum Gasteiger partial charge on any atom is 0.422 e. The molecule has 1 aromatic carbocycles. The molecule has 0 amide bonds. The number of benzene rings is 1. The molecule has 1 aromatic rings. The molecule has 1 rings (SSSR count). The van der Waals surface area contributed by atoms with E-state index in [0.717, 1.165) is 12.1 Å². The number of alkyl halides is 3. The molecular weight excluding hydrogens is 250 g/mol. The summed E-state index contributed by atoms with van der Waals surface area (Å²) in [4.78, 5) is 0. The van der Waals surface area contributed by atoms with Gasteiger partial charge in [0.15, 0.2) is 6.61 Å². The number of hydrogen-bond donors (Lipinski definition) is 0. The van der Waals surface area contributed by atoms with Gasteiger partial charge < -0.3 is 4.74 Å². The maximum absolute atomic E-state index is 12.9. The highest BCUT2D eigenvalue weighted by Gasteiger charge is 2.28. The summed E-state index contributed by atoms with van der Waals surface area (Å²) in [5.74, 6) is -0.958. The molecule has 2 nitrogen and oxygen atoms in total. The smallest absolute Gasteiger partial charge is 0.422 e. The molecule has 0 saturated heterocycles. The van der Waals surface area contributed by atoms with Crippen LogP contribution in [0.4, 0.5) is 17.6 Å². The number of hydrogen-bond acceptors (Lipinski definition) is 2. The van der Waals surface area contributed by atoms with Crippen LogP contribution in [-0.2, 0) is 0 Å². The third-order valence-corrected chi connectivity index (χ3v) is 1.92. The predicted octanol–water partition coefficient (Wildman–Crippen LogP) is 3.69. The first-order valence-corrected chi connectivity index (χ1v) is 4.89. The molecule has 0 aliphatic carbocycles. The zero-order valence-corrected chi connectivity index (χ0v) is 9.38. The quantitative estimate of drug-likeness (QED) is 0.612. The minimum absolute atomic E-state index is 0.222. The average Bonchev–Trinajstić information content (AvgIpc) is 2.28. The molecule has 0 aliphatic heterocycles. The highest BCUT2D eigenvalue weighted by Crippen LogP contribution is 2.25. The second-order valence-corrected chi connectivity index (χ2v) is 3.53. The van der Waals surface area contributed by atoms with Gasteiger partial charge in [-0.15, -0.1) is 0 Å². The standard InChI is InChI=1S/C12H9F4NO/c1-8(6-17)4-9-2-3-10(13)5-11(9)18-7-12(14,15)16/h2-5H,7H2,1H3/b8-4+. The average molecular weight is 259 g/mol. The summed E-state index contributed by atoms with van der Waals surface area (Å²) in [6.45, 7) is -0.0280. The molecule has 0 atom stereocenters. The van der Waals surface area contributed by atoms with Gasteiger partial charge in [-0.2, -0.15) is 18.4 Å². The van der Waals surface area contributed by atoms with Crippen molar-refractivity contribution in [2.45, 2.75) is 13.1 Å². The molecular formula is C12H9F4NO. The summed E-state index contributed by atoms with van der Waals surface area (Å²) < 4.78 is 53.5. The van der Waals surface area contributed by atoms with E-state index in [4.69, 9.17) is 5.26 Å². The number of halogens is 4. The molecule has 6 heteroatoms. The molecule has 0 spiro atoms. The van der Waals surface area contributed by atoms with E-state index < -0.39 is 18.6 Å². The van der Waals surface area contributed by atoms with Crippen molar-refractivity contribution in [2.24, 2.45) is 0 Å². The van der Waals surface area contributed by atoms with Crippen molar-refractivity contribution in [3.05, 3.63) is 35.2 Å². The van der Waals surface area contributed by atoms with Crippen LogP contribution in [0.5, 0.6) is 5.75 Å². The summed E-state index contributed by atoms with van der Waals surface area (Å²) in [5.41, 5.74) is 0.498. The van der Waals surface area contributed by atoms with Crippen molar-refractivity contribution in [1.82, 2.24) is 0 Å². The monoisotopic (exact) mass is 259 g/mol. The molecule has 0 radical (unpaired) electrons. The van der Waals surface area contributed by atoms with E-state index in [2.05, 4.69) is 4.74 Å². The van der Waals surface area contributed by atoms with E-state index >= 15 is 0 Å². The lowest BCUT2D eigenvalue weighted by molar-refractivity contribution is -0.153. The predicted molar refractivity (Wildman–Crippen MR) is 57.2 cm³/mol. The van der Waals surface area contributed by atoms with Crippen LogP contribution in [0.15, 0.2) is 23.8 Å². The summed E-state index contributed by atoms with van der Waals surface area (Å²) in [6, 6.07) is 5.00. The Balaban J connectivity index is 3.02. The molecule has 0 bridgehead atoms. The molecule has 18 heavy (non-hydrogen) atoms. The van der Waals surface area contributed by atoms with Crippen molar-refractivity contribution in [3.8, 4) is 11.8 Å². The van der Waals surface area contributed by atoms with Gasteiger partial charge in [0.25, 0.3) is 0 Å². The van der Waals surface area contributed by atoms with Crippen LogP contribution in [0.25, 0.3) is 6.08 Å². The van der Waals surface area contributed by atoms with Gasteiger partial charge >= 0.3 is 6.18 Å². The van der Waals surface area contributed by atoms with E-state index in [1.54, 1.807) is 0 Å². The Hall–Kier alpha value is -2.03. The molecule has 0 heterocycles. The zero-order valence-electron chi connectivity index (χ0n) is 9.38. The number of rotatable bonds is 3. The van der Waals surface area contributed by atoms with Crippen molar-refractivity contribution < 1.29 is 22.3 Å². The number of nitrogens with zero attached hydrogens (tertiary/aromatic N) is 1. The molecule has 0 fully saturated rings. The molecule has 96 valence electrons. The highest BCUT2D eigenvalue weighted by molar-refractivity contribution is 5.62. The third kappa shape index (κ3) is 4.45. The summed E-state index contributed by atoms with van der Waals surface area (Å²) in [5, 5.41) is 8.59. The highest BCUT2D eigenvalue weighted by atomic mass is 19.4. The third-order valence-electron chi connectivity index (χ3n) is 1.92. The lowest BCUT2D eigenvalue weighted by Gasteiger charge is -2.11. The van der Waals surface area contributed by atoms with Crippen molar-refractivity contribution >= 4 is 6.08 Å². The minimum atomic E-state index is -4.50. The van der Waals surface area contributed by atoms with Gasteiger partial charge in [0.2, 0.25) is 0 Å². The van der Waals surface area contributed by atoms with Crippen LogP contribution in [0.1, 0.15) is 12.5 Å². The van der Waals surface area contributed by atoms with Crippen molar-refractivity contribution in [2.75, 3.05) is 6.61 Å². The fourth-order valence-electron chi connectivity index (χ4n) is 1.18. The number of allylic oxidation sites excluding steroid dienone is 1. The Morgan fingerprint density at radius 2 is 2.11 bits per heavy atom. The number of ether oxygens (including phenoxy) is 1. The van der Waals surface area contributed by atoms with E-state index in [0.29, 0.717) is 0 Å². The Morgan fingerprint density at radius 3 is 2.67 bits per heavy atom. The number of nitriles is 1. The van der Waals surface area contributed by atoms with Gasteiger partial charge in [-0.25, -0.2) is 4.39 Å². The van der Waals surface area contributed by atoms with Crippen LogP contribution in [0, 0.1) is 17.1 Å². The normalized spacial score (nSPS) is 12.1. The first kappa shape index (κ1) is 14.0. The Kier molecular flexibility index (Phi) is 4.32. The van der Waals surface area contributed by atoms with Crippen molar-refractivity contribution in [3.63, 3.8) is 0 Å². The van der Waals surface area contributed by atoms with Crippen LogP contribution >= 0.6 is 0 Å². The Morgan fingerprint density at radius 1 is 1.44 bits per heavy atom.